The largest absolute Gasteiger partial charge is 0.493 e. The summed E-state index contributed by atoms with van der Waals surface area (Å²) in [6.07, 6.45) is 5.26. The molecular weight excluding hydrogens is 264 g/mol. The second-order valence-electron chi connectivity index (χ2n) is 5.16. The van der Waals surface area contributed by atoms with Gasteiger partial charge in [-0.05, 0) is 49.1 Å². The monoisotopic (exact) mass is 286 g/mol. The molecule has 4 heteroatoms. The average molecular weight is 286 g/mol. The van der Waals surface area contributed by atoms with E-state index in [4.69, 9.17) is 15.2 Å². The van der Waals surface area contributed by atoms with Crippen molar-refractivity contribution < 1.29 is 9.47 Å². The summed E-state index contributed by atoms with van der Waals surface area (Å²) in [5, 5.41) is 0. The fourth-order valence-electron chi connectivity index (χ4n) is 2.06. The number of aryl methyl sites for hydroxylation is 1. The highest BCUT2D eigenvalue weighted by Gasteiger charge is 2.08. The van der Waals surface area contributed by atoms with Crippen LogP contribution in [0, 0.1) is 6.92 Å². The van der Waals surface area contributed by atoms with Gasteiger partial charge in [-0.25, -0.2) is 0 Å². The third kappa shape index (κ3) is 4.20. The van der Waals surface area contributed by atoms with E-state index in [-0.39, 0.29) is 6.04 Å². The summed E-state index contributed by atoms with van der Waals surface area (Å²) in [6, 6.07) is 7.96. The highest BCUT2D eigenvalue weighted by molar-refractivity contribution is 5.45. The molecule has 2 N–H and O–H groups in total. The van der Waals surface area contributed by atoms with Crippen molar-refractivity contribution in [2.75, 3.05) is 7.11 Å². The van der Waals surface area contributed by atoms with Crippen LogP contribution in [0.25, 0.3) is 0 Å². The Kier molecular flexibility index (Phi) is 5.17. The number of benzene rings is 1. The number of nitrogens with two attached hydrogens (primary N) is 1. The molecule has 1 unspecified atom stereocenters. The van der Waals surface area contributed by atoms with E-state index in [0.717, 1.165) is 24.0 Å². The Bertz CT molecular complexity index is 599. The molecule has 2 rings (SSSR count). The van der Waals surface area contributed by atoms with Gasteiger partial charge in [-0.15, -0.1) is 0 Å². The van der Waals surface area contributed by atoms with Crippen molar-refractivity contribution in [1.82, 2.24) is 4.98 Å². The van der Waals surface area contributed by atoms with Gasteiger partial charge < -0.3 is 15.2 Å². The zero-order valence-corrected chi connectivity index (χ0v) is 12.8. The summed E-state index contributed by atoms with van der Waals surface area (Å²) in [6.45, 7) is 4.09. The molecule has 0 spiro atoms. The molecule has 4 nitrogen and oxygen atoms in total. The van der Waals surface area contributed by atoms with Crippen LogP contribution in [0.2, 0.25) is 0 Å². The molecule has 0 aliphatic rings. The zero-order valence-electron chi connectivity index (χ0n) is 12.8. The third-order valence-electron chi connectivity index (χ3n) is 3.34. The second kappa shape index (κ2) is 7.09. The van der Waals surface area contributed by atoms with E-state index in [2.05, 4.69) is 11.9 Å². The van der Waals surface area contributed by atoms with Gasteiger partial charge in [0, 0.05) is 12.2 Å². The minimum atomic E-state index is 0.149. The van der Waals surface area contributed by atoms with Crippen LogP contribution in [0.3, 0.4) is 0 Å². The first-order valence-electron chi connectivity index (χ1n) is 7.14. The van der Waals surface area contributed by atoms with Gasteiger partial charge in [-0.2, -0.15) is 0 Å². The lowest BCUT2D eigenvalue weighted by molar-refractivity contribution is 0.378. The van der Waals surface area contributed by atoms with Gasteiger partial charge in [0.2, 0.25) is 0 Å². The molecule has 0 amide bonds. The first-order valence-corrected chi connectivity index (χ1v) is 7.14. The molecule has 0 saturated heterocycles. The molecule has 1 aromatic heterocycles. The van der Waals surface area contributed by atoms with Crippen LogP contribution < -0.4 is 15.2 Å². The smallest absolute Gasteiger partial charge is 0.169 e. The quantitative estimate of drug-likeness (QED) is 0.883. The lowest BCUT2D eigenvalue weighted by Crippen LogP contribution is -2.21. The fraction of sp³-hybridized carbons (Fsp3) is 0.353. The topological polar surface area (TPSA) is 57.4 Å². The Balaban J connectivity index is 2.18. The SMILES string of the molecule is CCC(N)Cc1cncc(Oc2ccc(C)cc2OC)c1. The van der Waals surface area contributed by atoms with E-state index in [9.17, 15) is 0 Å². The maximum Gasteiger partial charge on any atom is 0.169 e. The summed E-state index contributed by atoms with van der Waals surface area (Å²) < 4.78 is 11.2. The van der Waals surface area contributed by atoms with E-state index in [1.54, 1.807) is 13.3 Å². The molecular formula is C17H22N2O2. The minimum Gasteiger partial charge on any atom is -0.493 e. The maximum atomic E-state index is 5.98. The molecule has 2 aromatic rings. The normalized spacial score (nSPS) is 12.0. The van der Waals surface area contributed by atoms with Crippen molar-refractivity contribution in [3.63, 3.8) is 0 Å². The first-order chi connectivity index (χ1) is 10.1. The van der Waals surface area contributed by atoms with Crippen molar-refractivity contribution in [3.05, 3.63) is 47.8 Å². The van der Waals surface area contributed by atoms with Crippen molar-refractivity contribution >= 4 is 0 Å². The Morgan fingerprint density at radius 2 is 2.00 bits per heavy atom. The molecule has 0 fully saturated rings. The molecule has 0 bridgehead atoms. The molecule has 0 aliphatic carbocycles. The van der Waals surface area contributed by atoms with Gasteiger partial charge in [0.25, 0.3) is 0 Å². The van der Waals surface area contributed by atoms with Crippen molar-refractivity contribution in [2.24, 2.45) is 5.73 Å². The van der Waals surface area contributed by atoms with E-state index < -0.39 is 0 Å². The van der Waals surface area contributed by atoms with Gasteiger partial charge in [0.05, 0.1) is 13.3 Å². The molecule has 0 radical (unpaired) electrons. The van der Waals surface area contributed by atoms with Crippen LogP contribution in [0.4, 0.5) is 0 Å². The number of hydrogen-bond acceptors (Lipinski definition) is 4. The van der Waals surface area contributed by atoms with Crippen molar-refractivity contribution in [1.29, 1.82) is 0 Å². The highest BCUT2D eigenvalue weighted by Crippen LogP contribution is 2.32. The van der Waals surface area contributed by atoms with E-state index >= 15 is 0 Å². The summed E-state index contributed by atoms with van der Waals surface area (Å²) >= 11 is 0. The summed E-state index contributed by atoms with van der Waals surface area (Å²) in [5.41, 5.74) is 8.18. The third-order valence-corrected chi connectivity index (χ3v) is 3.34. The Morgan fingerprint density at radius 1 is 1.19 bits per heavy atom. The molecule has 21 heavy (non-hydrogen) atoms. The van der Waals surface area contributed by atoms with Gasteiger partial charge in [-0.1, -0.05) is 13.0 Å². The lowest BCUT2D eigenvalue weighted by Gasteiger charge is -2.12. The molecule has 1 aromatic carbocycles. The predicted molar refractivity (Wildman–Crippen MR) is 84.0 cm³/mol. The molecule has 112 valence electrons. The van der Waals surface area contributed by atoms with Crippen LogP contribution in [-0.2, 0) is 6.42 Å². The van der Waals surface area contributed by atoms with Gasteiger partial charge in [0.1, 0.15) is 5.75 Å². The molecule has 1 atom stereocenters. The molecule has 1 heterocycles. The number of rotatable bonds is 6. The predicted octanol–water partition coefficient (Wildman–Crippen LogP) is 3.47. The fourth-order valence-corrected chi connectivity index (χ4v) is 2.06. The first kappa shape index (κ1) is 15.3. The number of methoxy groups -OCH3 is 1. The number of pyridine rings is 1. The van der Waals surface area contributed by atoms with E-state index in [0.29, 0.717) is 17.2 Å². The highest BCUT2D eigenvalue weighted by atomic mass is 16.5. The van der Waals surface area contributed by atoms with Crippen LogP contribution in [0.1, 0.15) is 24.5 Å². The molecule has 0 saturated carbocycles. The minimum absolute atomic E-state index is 0.149. The lowest BCUT2D eigenvalue weighted by atomic mass is 10.1. The van der Waals surface area contributed by atoms with Gasteiger partial charge in [-0.3, -0.25) is 4.98 Å². The zero-order chi connectivity index (χ0) is 15.2. The Morgan fingerprint density at radius 3 is 2.71 bits per heavy atom. The standard InChI is InChI=1S/C17H22N2O2/c1-4-14(18)8-13-9-15(11-19-10-13)21-16-6-5-12(2)7-17(16)20-3/h5-7,9-11,14H,4,8,18H2,1-3H3. The second-order valence-corrected chi connectivity index (χ2v) is 5.16. The summed E-state index contributed by atoms with van der Waals surface area (Å²) in [7, 11) is 1.64. The average Bonchev–Trinajstić information content (AvgIpc) is 2.49. The molecule has 0 aliphatic heterocycles. The van der Waals surface area contributed by atoms with Crippen molar-refractivity contribution in [3.8, 4) is 17.2 Å². The Hall–Kier alpha value is -2.07. The van der Waals surface area contributed by atoms with Crippen LogP contribution >= 0.6 is 0 Å². The van der Waals surface area contributed by atoms with Crippen LogP contribution in [0.15, 0.2) is 36.7 Å². The number of aromatic nitrogens is 1. The number of nitrogens with zero attached hydrogens (tertiary/aromatic N) is 1. The van der Waals surface area contributed by atoms with Crippen molar-refractivity contribution in [2.45, 2.75) is 32.7 Å². The van der Waals surface area contributed by atoms with Crippen LogP contribution in [0.5, 0.6) is 17.2 Å². The maximum absolute atomic E-state index is 5.98. The van der Waals surface area contributed by atoms with Gasteiger partial charge >= 0.3 is 0 Å². The van der Waals surface area contributed by atoms with E-state index in [1.807, 2.05) is 37.4 Å². The summed E-state index contributed by atoms with van der Waals surface area (Å²) in [4.78, 5) is 4.22. The van der Waals surface area contributed by atoms with Gasteiger partial charge in [0.15, 0.2) is 11.5 Å². The summed E-state index contributed by atoms with van der Waals surface area (Å²) in [5.74, 6) is 2.09. The number of ether oxygens (including phenoxy) is 2. The van der Waals surface area contributed by atoms with Crippen LogP contribution in [-0.4, -0.2) is 18.1 Å². The Labute approximate surface area is 125 Å². The number of hydrogen-bond donors (Lipinski definition) is 1. The van der Waals surface area contributed by atoms with E-state index in [1.165, 1.54) is 0 Å².